The Morgan fingerprint density at radius 3 is 1.61 bits per heavy atom. The van der Waals surface area contributed by atoms with Crippen LogP contribution in [0.5, 0.6) is 5.75 Å². The molecule has 1 aromatic carbocycles. The van der Waals surface area contributed by atoms with Gasteiger partial charge in [0.25, 0.3) is 0 Å². The molecule has 0 atom stereocenters. The lowest BCUT2D eigenvalue weighted by Crippen LogP contribution is -3.00. The van der Waals surface area contributed by atoms with Gasteiger partial charge in [-0.2, -0.15) is 0 Å². The van der Waals surface area contributed by atoms with E-state index in [2.05, 4.69) is 50.9 Å². The SMILES string of the molecule is C=CC[N+](CC=C)(CC=C)Cc1ccc(OCCCCCCCCCCCC)cc1.[Br-]. The van der Waals surface area contributed by atoms with E-state index in [1.54, 1.807) is 0 Å². The highest BCUT2D eigenvalue weighted by molar-refractivity contribution is 5.26. The number of benzene rings is 1. The number of hydrogen-bond acceptors (Lipinski definition) is 1. The summed E-state index contributed by atoms with van der Waals surface area (Å²) in [4.78, 5) is 0. The highest BCUT2D eigenvalue weighted by atomic mass is 79.9. The summed E-state index contributed by atoms with van der Waals surface area (Å²) in [5, 5.41) is 0. The summed E-state index contributed by atoms with van der Waals surface area (Å²) in [7, 11) is 0. The van der Waals surface area contributed by atoms with Crippen molar-refractivity contribution >= 4 is 0 Å². The molecule has 3 heteroatoms. The van der Waals surface area contributed by atoms with E-state index in [-0.39, 0.29) is 17.0 Å². The van der Waals surface area contributed by atoms with Crippen molar-refractivity contribution in [1.82, 2.24) is 0 Å². The van der Waals surface area contributed by atoms with E-state index in [9.17, 15) is 0 Å². The van der Waals surface area contributed by atoms with E-state index in [0.29, 0.717) is 0 Å². The Morgan fingerprint density at radius 1 is 0.710 bits per heavy atom. The molecule has 0 N–H and O–H groups in total. The Hall–Kier alpha value is -1.32. The zero-order chi connectivity index (χ0) is 21.9. The van der Waals surface area contributed by atoms with Gasteiger partial charge in [-0.05, 0) is 48.9 Å². The summed E-state index contributed by atoms with van der Waals surface area (Å²) >= 11 is 0. The van der Waals surface area contributed by atoms with Gasteiger partial charge < -0.3 is 26.2 Å². The van der Waals surface area contributed by atoms with Crippen LogP contribution in [0.2, 0.25) is 0 Å². The van der Waals surface area contributed by atoms with Crippen LogP contribution in [0.3, 0.4) is 0 Å². The number of hydrogen-bond donors (Lipinski definition) is 0. The predicted molar refractivity (Wildman–Crippen MR) is 133 cm³/mol. The van der Waals surface area contributed by atoms with Gasteiger partial charge in [-0.15, -0.1) is 0 Å². The van der Waals surface area contributed by atoms with Crippen molar-refractivity contribution in [2.75, 3.05) is 26.2 Å². The predicted octanol–water partition coefficient (Wildman–Crippen LogP) is 4.87. The lowest BCUT2D eigenvalue weighted by Gasteiger charge is -2.36. The van der Waals surface area contributed by atoms with Gasteiger partial charge in [0.05, 0.1) is 26.2 Å². The van der Waals surface area contributed by atoms with Gasteiger partial charge in [-0.3, -0.25) is 0 Å². The third-order valence-electron chi connectivity index (χ3n) is 5.76. The number of nitrogens with zero attached hydrogens (tertiary/aromatic N) is 1. The summed E-state index contributed by atoms with van der Waals surface area (Å²) in [6.07, 6.45) is 19.5. The van der Waals surface area contributed by atoms with Crippen LogP contribution < -0.4 is 21.7 Å². The van der Waals surface area contributed by atoms with E-state index in [1.165, 1.54) is 63.4 Å². The second kappa shape index (κ2) is 19.4. The molecule has 1 aromatic rings. The molecule has 2 nitrogen and oxygen atoms in total. The van der Waals surface area contributed by atoms with Crippen LogP contribution >= 0.6 is 0 Å². The molecule has 0 aromatic heterocycles. The van der Waals surface area contributed by atoms with Crippen LogP contribution in [0, 0.1) is 0 Å². The minimum Gasteiger partial charge on any atom is -1.00 e. The first-order valence-corrected chi connectivity index (χ1v) is 12.1. The minimum absolute atomic E-state index is 0. The van der Waals surface area contributed by atoms with Crippen molar-refractivity contribution in [3.05, 3.63) is 67.8 Å². The van der Waals surface area contributed by atoms with E-state index >= 15 is 0 Å². The van der Waals surface area contributed by atoms with E-state index in [0.717, 1.165) is 49.4 Å². The van der Waals surface area contributed by atoms with Gasteiger partial charge in [-0.1, -0.05) is 84.4 Å². The second-order valence-corrected chi connectivity index (χ2v) is 8.59. The average Bonchev–Trinajstić information content (AvgIpc) is 2.74. The first-order chi connectivity index (χ1) is 14.7. The Morgan fingerprint density at radius 2 is 1.16 bits per heavy atom. The van der Waals surface area contributed by atoms with Crippen LogP contribution in [0.15, 0.2) is 62.2 Å². The highest BCUT2D eigenvalue weighted by Gasteiger charge is 2.23. The van der Waals surface area contributed by atoms with E-state index in [1.807, 2.05) is 18.2 Å². The number of halogens is 1. The fourth-order valence-corrected chi connectivity index (χ4v) is 4.10. The lowest BCUT2D eigenvalue weighted by molar-refractivity contribution is -0.924. The number of quaternary nitrogens is 1. The smallest absolute Gasteiger partial charge is 0.119 e. The van der Waals surface area contributed by atoms with Crippen LogP contribution in [0.25, 0.3) is 0 Å². The lowest BCUT2D eigenvalue weighted by atomic mass is 10.1. The van der Waals surface area contributed by atoms with Crippen LogP contribution in [0.4, 0.5) is 0 Å². The molecule has 0 aliphatic rings. The fraction of sp³-hybridized carbons (Fsp3) is 0.571. The third kappa shape index (κ3) is 13.6. The van der Waals surface area contributed by atoms with Crippen molar-refractivity contribution in [2.24, 2.45) is 0 Å². The number of rotatable bonds is 20. The Kier molecular flexibility index (Phi) is 18.5. The molecule has 0 amide bonds. The summed E-state index contributed by atoms with van der Waals surface area (Å²) < 4.78 is 6.84. The molecule has 0 radical (unpaired) electrons. The third-order valence-corrected chi connectivity index (χ3v) is 5.76. The average molecular weight is 493 g/mol. The Bertz CT molecular complexity index is 555. The zero-order valence-electron chi connectivity index (χ0n) is 20.0. The van der Waals surface area contributed by atoms with Gasteiger partial charge in [0.1, 0.15) is 12.3 Å². The normalized spacial score (nSPS) is 10.9. The van der Waals surface area contributed by atoms with Crippen LogP contribution in [-0.2, 0) is 6.54 Å². The Labute approximate surface area is 203 Å². The first-order valence-electron chi connectivity index (χ1n) is 12.1. The zero-order valence-corrected chi connectivity index (χ0v) is 21.6. The Balaban J connectivity index is 0.00000900. The molecule has 0 saturated carbocycles. The van der Waals surface area contributed by atoms with Crippen molar-refractivity contribution in [1.29, 1.82) is 0 Å². The van der Waals surface area contributed by atoms with Crippen LogP contribution in [0.1, 0.15) is 76.7 Å². The maximum Gasteiger partial charge on any atom is 0.119 e. The molecule has 0 bridgehead atoms. The quantitative estimate of drug-likeness (QED) is 0.143. The van der Waals surface area contributed by atoms with Gasteiger partial charge >= 0.3 is 0 Å². The molecular formula is C28H46BrNO. The molecule has 0 saturated heterocycles. The summed E-state index contributed by atoms with van der Waals surface area (Å²) in [5.41, 5.74) is 1.31. The fourth-order valence-electron chi connectivity index (χ4n) is 4.10. The molecule has 0 heterocycles. The molecule has 0 aliphatic carbocycles. The molecule has 0 aliphatic heterocycles. The second-order valence-electron chi connectivity index (χ2n) is 8.59. The maximum atomic E-state index is 5.95. The van der Waals surface area contributed by atoms with Crippen LogP contribution in [-0.4, -0.2) is 30.7 Å². The molecule has 0 fully saturated rings. The van der Waals surface area contributed by atoms with Gasteiger partial charge in [0.15, 0.2) is 0 Å². The first kappa shape index (κ1) is 29.7. The maximum absolute atomic E-state index is 5.95. The van der Waals surface area contributed by atoms with Crippen molar-refractivity contribution < 1.29 is 26.2 Å². The highest BCUT2D eigenvalue weighted by Crippen LogP contribution is 2.19. The monoisotopic (exact) mass is 491 g/mol. The molecule has 0 spiro atoms. The standard InChI is InChI=1S/C28H46NO.BrH/c1-5-9-10-11-12-13-14-15-16-17-25-30-28-20-18-27(19-21-28)26-29(22-6-2,23-7-3)24-8-4;/h6-8,18-21H,2-5,9-17,22-26H2,1H3;1H/q+1;/p-1. The molecular weight excluding hydrogens is 446 g/mol. The topological polar surface area (TPSA) is 9.23 Å². The van der Waals surface area contributed by atoms with Gasteiger partial charge in [-0.25, -0.2) is 0 Å². The summed E-state index contributed by atoms with van der Waals surface area (Å²) in [5.74, 6) is 0.976. The summed E-state index contributed by atoms with van der Waals surface area (Å²) in [6, 6.07) is 8.60. The molecule has 176 valence electrons. The largest absolute Gasteiger partial charge is 1.00 e. The van der Waals surface area contributed by atoms with Crippen molar-refractivity contribution in [2.45, 2.75) is 77.7 Å². The van der Waals surface area contributed by atoms with Crippen molar-refractivity contribution in [3.8, 4) is 5.75 Å². The number of unbranched alkanes of at least 4 members (excludes halogenated alkanes) is 9. The molecule has 0 unspecified atom stereocenters. The molecule has 1 rings (SSSR count). The van der Waals surface area contributed by atoms with Crippen molar-refractivity contribution in [3.63, 3.8) is 0 Å². The van der Waals surface area contributed by atoms with E-state index in [4.69, 9.17) is 4.74 Å². The van der Waals surface area contributed by atoms with Gasteiger partial charge in [0.2, 0.25) is 0 Å². The van der Waals surface area contributed by atoms with Gasteiger partial charge in [0, 0.05) is 5.56 Å². The summed E-state index contributed by atoms with van der Waals surface area (Å²) in [6.45, 7) is 18.6. The molecule has 31 heavy (non-hydrogen) atoms. The van der Waals surface area contributed by atoms with E-state index < -0.39 is 0 Å². The minimum atomic E-state index is 0. The number of ether oxygens (including phenoxy) is 1.